The van der Waals surface area contributed by atoms with Gasteiger partial charge in [-0.1, -0.05) is 18.2 Å². The van der Waals surface area contributed by atoms with Gasteiger partial charge in [-0.2, -0.15) is 0 Å². The molecule has 5 nitrogen and oxygen atoms in total. The number of para-hydroxylation sites is 1. The summed E-state index contributed by atoms with van der Waals surface area (Å²) >= 11 is 5.16. The third-order valence-corrected chi connectivity index (χ3v) is 4.05. The third-order valence-electron chi connectivity index (χ3n) is 3.76. The Morgan fingerprint density at radius 1 is 1.12 bits per heavy atom. The Labute approximate surface area is 145 Å². The number of carbonyl (C=O) groups is 2. The summed E-state index contributed by atoms with van der Waals surface area (Å²) in [6, 6.07) is 11.2. The van der Waals surface area contributed by atoms with Crippen molar-refractivity contribution in [2.75, 3.05) is 4.90 Å². The van der Waals surface area contributed by atoms with Crippen LogP contribution in [0.15, 0.2) is 54.4 Å². The van der Waals surface area contributed by atoms with Crippen LogP contribution in [-0.4, -0.2) is 21.5 Å². The van der Waals surface area contributed by atoms with E-state index in [0.717, 1.165) is 5.56 Å². The molecule has 1 N–H and O–H groups in total. The number of aromatic nitrogens is 1. The molecule has 1 saturated heterocycles. The molecule has 122 valence electrons. The number of nitrogens with zero attached hydrogens (tertiary/aromatic N) is 2. The first-order valence-corrected chi connectivity index (χ1v) is 8.02. The molecule has 3 rings (SSSR count). The lowest BCUT2D eigenvalue weighted by atomic mass is 10.1. The molecule has 0 radical (unpaired) electrons. The molecule has 2 aromatic rings. The highest BCUT2D eigenvalue weighted by molar-refractivity contribution is 7.80. The van der Waals surface area contributed by atoms with Crippen molar-refractivity contribution in [3.8, 4) is 0 Å². The first-order chi connectivity index (χ1) is 11.5. The van der Waals surface area contributed by atoms with Crippen LogP contribution in [0.4, 0.5) is 5.69 Å². The molecule has 0 saturated carbocycles. The molecule has 2 heterocycles. The van der Waals surface area contributed by atoms with E-state index in [1.54, 1.807) is 18.2 Å². The van der Waals surface area contributed by atoms with Gasteiger partial charge >= 0.3 is 0 Å². The lowest BCUT2D eigenvalue weighted by Gasteiger charge is -2.28. The molecule has 2 amide bonds. The third kappa shape index (κ3) is 3.00. The van der Waals surface area contributed by atoms with Crippen molar-refractivity contribution in [2.24, 2.45) is 0 Å². The van der Waals surface area contributed by atoms with Crippen LogP contribution in [0.25, 0.3) is 6.08 Å². The quantitative estimate of drug-likeness (QED) is 0.531. The highest BCUT2D eigenvalue weighted by Crippen LogP contribution is 2.22. The monoisotopic (exact) mass is 339 g/mol. The molecule has 1 aromatic carbocycles. The first-order valence-electron chi connectivity index (χ1n) is 7.61. The van der Waals surface area contributed by atoms with Crippen molar-refractivity contribution in [3.63, 3.8) is 0 Å². The zero-order valence-corrected chi connectivity index (χ0v) is 14.2. The number of anilines is 1. The number of benzene rings is 1. The van der Waals surface area contributed by atoms with Crippen molar-refractivity contribution in [2.45, 2.75) is 19.9 Å². The summed E-state index contributed by atoms with van der Waals surface area (Å²) in [4.78, 5) is 26.3. The minimum atomic E-state index is -0.477. The predicted molar refractivity (Wildman–Crippen MR) is 97.5 cm³/mol. The minimum Gasteiger partial charge on any atom is -0.351 e. The number of amides is 2. The highest BCUT2D eigenvalue weighted by Gasteiger charge is 2.34. The van der Waals surface area contributed by atoms with Gasteiger partial charge in [-0.25, -0.2) is 0 Å². The summed E-state index contributed by atoms with van der Waals surface area (Å²) < 4.78 is 2.01. The van der Waals surface area contributed by atoms with Crippen molar-refractivity contribution >= 4 is 40.9 Å². The molecular weight excluding hydrogens is 322 g/mol. The Morgan fingerprint density at radius 3 is 2.46 bits per heavy atom. The molecule has 1 fully saturated rings. The smallest absolute Gasteiger partial charge is 0.270 e. The second-order valence-corrected chi connectivity index (χ2v) is 6.17. The van der Waals surface area contributed by atoms with Crippen molar-refractivity contribution in [3.05, 3.63) is 59.9 Å². The Bertz CT molecular complexity index is 837. The molecule has 24 heavy (non-hydrogen) atoms. The van der Waals surface area contributed by atoms with E-state index in [1.807, 2.05) is 41.2 Å². The SMILES string of the molecule is CC(C)n1ccc(/C=C2/C(=O)NC(=S)N(c3ccccc3)C2=O)c1. The molecule has 0 unspecified atom stereocenters. The van der Waals surface area contributed by atoms with Crippen LogP contribution in [0.5, 0.6) is 0 Å². The number of rotatable bonds is 3. The van der Waals surface area contributed by atoms with Gasteiger partial charge in [0.25, 0.3) is 11.8 Å². The van der Waals surface area contributed by atoms with Crippen LogP contribution >= 0.6 is 12.2 Å². The van der Waals surface area contributed by atoms with Crippen LogP contribution in [-0.2, 0) is 9.59 Å². The van der Waals surface area contributed by atoms with Gasteiger partial charge in [0, 0.05) is 18.4 Å². The highest BCUT2D eigenvalue weighted by atomic mass is 32.1. The molecule has 1 aliphatic heterocycles. The molecule has 0 atom stereocenters. The maximum absolute atomic E-state index is 12.8. The number of hydrogen-bond acceptors (Lipinski definition) is 3. The summed E-state index contributed by atoms with van der Waals surface area (Å²) in [5.41, 5.74) is 1.48. The fourth-order valence-electron chi connectivity index (χ4n) is 2.47. The predicted octanol–water partition coefficient (Wildman–Crippen LogP) is 2.90. The largest absolute Gasteiger partial charge is 0.351 e. The van der Waals surface area contributed by atoms with Gasteiger partial charge in [-0.3, -0.25) is 19.8 Å². The summed E-state index contributed by atoms with van der Waals surface area (Å²) in [6.45, 7) is 4.12. The maximum Gasteiger partial charge on any atom is 0.270 e. The number of carbonyl (C=O) groups excluding carboxylic acids is 2. The van der Waals surface area contributed by atoms with Gasteiger partial charge in [-0.15, -0.1) is 0 Å². The Balaban J connectivity index is 1.97. The summed E-state index contributed by atoms with van der Waals surface area (Å²) in [6.07, 6.45) is 5.41. The van der Waals surface area contributed by atoms with Crippen molar-refractivity contribution < 1.29 is 9.59 Å². The van der Waals surface area contributed by atoms with E-state index < -0.39 is 11.8 Å². The van der Waals surface area contributed by atoms with E-state index in [-0.39, 0.29) is 10.7 Å². The second kappa shape index (κ2) is 6.41. The topological polar surface area (TPSA) is 54.3 Å². The van der Waals surface area contributed by atoms with E-state index in [1.165, 1.54) is 4.90 Å². The zero-order chi connectivity index (χ0) is 17.3. The van der Waals surface area contributed by atoms with E-state index in [0.29, 0.717) is 11.7 Å². The molecular formula is C18H17N3O2S. The van der Waals surface area contributed by atoms with Crippen molar-refractivity contribution in [1.82, 2.24) is 9.88 Å². The minimum absolute atomic E-state index is 0.0639. The average molecular weight is 339 g/mol. The van der Waals surface area contributed by atoms with Crippen LogP contribution in [0.1, 0.15) is 25.5 Å². The average Bonchev–Trinajstić information content (AvgIpc) is 3.01. The zero-order valence-electron chi connectivity index (χ0n) is 13.4. The molecule has 1 aliphatic rings. The molecule has 0 aliphatic carbocycles. The van der Waals surface area contributed by atoms with Gasteiger partial charge in [0.15, 0.2) is 5.11 Å². The maximum atomic E-state index is 12.8. The first kappa shape index (κ1) is 16.1. The second-order valence-electron chi connectivity index (χ2n) is 5.78. The van der Waals surface area contributed by atoms with Crippen LogP contribution < -0.4 is 10.2 Å². The van der Waals surface area contributed by atoms with E-state index in [9.17, 15) is 9.59 Å². The van der Waals surface area contributed by atoms with E-state index in [2.05, 4.69) is 19.2 Å². The molecule has 0 spiro atoms. The lowest BCUT2D eigenvalue weighted by Crippen LogP contribution is -2.54. The van der Waals surface area contributed by atoms with Crippen LogP contribution in [0.2, 0.25) is 0 Å². The van der Waals surface area contributed by atoms with Gasteiger partial charge in [-0.05, 0) is 55.9 Å². The summed E-state index contributed by atoms with van der Waals surface area (Å²) in [5.74, 6) is -0.901. The van der Waals surface area contributed by atoms with Crippen LogP contribution in [0.3, 0.4) is 0 Å². The van der Waals surface area contributed by atoms with Gasteiger partial charge in [0.2, 0.25) is 0 Å². The van der Waals surface area contributed by atoms with E-state index in [4.69, 9.17) is 12.2 Å². The van der Waals surface area contributed by atoms with Crippen LogP contribution in [0, 0.1) is 0 Å². The standard InChI is InChI=1S/C18H17N3O2S/c1-12(2)20-9-8-13(11-20)10-15-16(22)19-18(24)21(17(15)23)14-6-4-3-5-7-14/h3-12H,1-2H3,(H,19,22,24)/b15-10-. The Morgan fingerprint density at radius 2 is 1.83 bits per heavy atom. The fourth-order valence-corrected chi connectivity index (χ4v) is 2.75. The van der Waals surface area contributed by atoms with E-state index >= 15 is 0 Å². The molecule has 1 aromatic heterocycles. The molecule has 0 bridgehead atoms. The Hall–Kier alpha value is -2.73. The summed E-state index contributed by atoms with van der Waals surface area (Å²) in [5, 5.41) is 2.67. The summed E-state index contributed by atoms with van der Waals surface area (Å²) in [7, 11) is 0. The molecule has 6 heteroatoms. The fraction of sp³-hybridized carbons (Fsp3) is 0.167. The van der Waals surface area contributed by atoms with Gasteiger partial charge < -0.3 is 4.57 Å². The van der Waals surface area contributed by atoms with Crippen molar-refractivity contribution in [1.29, 1.82) is 0 Å². The number of hydrogen-bond donors (Lipinski definition) is 1. The number of nitrogens with one attached hydrogen (secondary N) is 1. The Kier molecular flexibility index (Phi) is 4.31. The lowest BCUT2D eigenvalue weighted by molar-refractivity contribution is -0.122. The number of thiocarbonyl (C=S) groups is 1. The van der Waals surface area contributed by atoms with Gasteiger partial charge in [0.1, 0.15) is 5.57 Å². The normalized spacial score (nSPS) is 16.9. The van der Waals surface area contributed by atoms with Gasteiger partial charge in [0.05, 0.1) is 5.69 Å².